The Bertz CT molecular complexity index is 727. The number of alkyl halides is 3. The molecule has 0 aromatic heterocycles. The smallest absolute Gasteiger partial charge is 0.407 e. The molecular formula is C17H22Cl3NO11. The number of esters is 4. The molecule has 1 heterocycles. The molecule has 1 N–H and O–H groups in total. The number of alkyl carbamates (subject to hydrolysis) is 1. The van der Waals surface area contributed by atoms with Crippen molar-refractivity contribution in [2.24, 2.45) is 0 Å². The lowest BCUT2D eigenvalue weighted by Gasteiger charge is -2.44. The minimum Gasteiger partial charge on any atom is -0.463 e. The van der Waals surface area contributed by atoms with Gasteiger partial charge in [-0.3, -0.25) is 19.2 Å². The van der Waals surface area contributed by atoms with Gasteiger partial charge in [0.1, 0.15) is 25.4 Å². The predicted octanol–water partition coefficient (Wildman–Crippen LogP) is 1.17. The number of carbonyl (C=O) groups is 5. The first-order valence-electron chi connectivity index (χ1n) is 9.00. The van der Waals surface area contributed by atoms with Crippen molar-refractivity contribution in [3.8, 4) is 0 Å². The zero-order valence-corrected chi connectivity index (χ0v) is 19.7. The van der Waals surface area contributed by atoms with Crippen LogP contribution in [0.15, 0.2) is 0 Å². The summed E-state index contributed by atoms with van der Waals surface area (Å²) in [6.45, 7) is 3.22. The van der Waals surface area contributed by atoms with E-state index < -0.39 is 77.6 Å². The Kier molecular flexibility index (Phi) is 10.8. The highest BCUT2D eigenvalue weighted by atomic mass is 35.6. The van der Waals surface area contributed by atoms with Crippen molar-refractivity contribution >= 4 is 64.8 Å². The number of amides is 1. The summed E-state index contributed by atoms with van der Waals surface area (Å²) in [5.74, 6) is -3.13. The van der Waals surface area contributed by atoms with Crippen LogP contribution in [0.1, 0.15) is 27.7 Å². The molecule has 0 aromatic carbocycles. The number of ether oxygens (including phenoxy) is 6. The van der Waals surface area contributed by atoms with Gasteiger partial charge in [-0.05, 0) is 0 Å². The molecule has 3 unspecified atom stereocenters. The van der Waals surface area contributed by atoms with E-state index in [1.807, 2.05) is 0 Å². The van der Waals surface area contributed by atoms with Crippen molar-refractivity contribution in [3.05, 3.63) is 0 Å². The Morgan fingerprint density at radius 1 is 0.812 bits per heavy atom. The van der Waals surface area contributed by atoms with Crippen molar-refractivity contribution in [3.63, 3.8) is 0 Å². The summed E-state index contributed by atoms with van der Waals surface area (Å²) < 4.78 is 28.9. The minimum atomic E-state index is -1.92. The molecule has 0 saturated carbocycles. The molecule has 32 heavy (non-hydrogen) atoms. The van der Waals surface area contributed by atoms with Gasteiger partial charge in [-0.1, -0.05) is 34.8 Å². The minimum absolute atomic E-state index is 0.451. The molecule has 1 amide bonds. The third-order valence-corrected chi connectivity index (χ3v) is 3.96. The second-order valence-corrected chi connectivity index (χ2v) is 8.98. The molecule has 182 valence electrons. The number of nitrogens with one attached hydrogen (secondary N) is 1. The summed E-state index contributed by atoms with van der Waals surface area (Å²) in [6, 6.07) is -1.43. The average molecular weight is 523 g/mol. The number of carbonyl (C=O) groups excluding carboxylic acids is 5. The van der Waals surface area contributed by atoms with Crippen LogP contribution in [0.3, 0.4) is 0 Å². The molecule has 5 atom stereocenters. The number of hydrogen-bond donors (Lipinski definition) is 1. The van der Waals surface area contributed by atoms with Gasteiger partial charge in [0.15, 0.2) is 12.2 Å². The van der Waals surface area contributed by atoms with Gasteiger partial charge < -0.3 is 33.7 Å². The highest BCUT2D eigenvalue weighted by Crippen LogP contribution is 2.29. The lowest BCUT2D eigenvalue weighted by Crippen LogP contribution is -2.67. The Morgan fingerprint density at radius 3 is 1.81 bits per heavy atom. The number of hydrogen-bond acceptors (Lipinski definition) is 11. The quantitative estimate of drug-likeness (QED) is 0.291. The van der Waals surface area contributed by atoms with Crippen LogP contribution in [-0.4, -0.2) is 77.6 Å². The van der Waals surface area contributed by atoms with Gasteiger partial charge in [-0.15, -0.1) is 0 Å². The average Bonchev–Trinajstić information content (AvgIpc) is 2.61. The van der Waals surface area contributed by atoms with Crippen molar-refractivity contribution in [2.45, 2.75) is 62.1 Å². The van der Waals surface area contributed by atoms with E-state index in [1.54, 1.807) is 0 Å². The molecule has 1 aliphatic heterocycles. The molecule has 0 aliphatic carbocycles. The second kappa shape index (κ2) is 12.3. The van der Waals surface area contributed by atoms with Gasteiger partial charge in [-0.25, -0.2) is 4.79 Å². The second-order valence-electron chi connectivity index (χ2n) is 6.46. The Labute approximate surface area is 198 Å². The lowest BCUT2D eigenvalue weighted by atomic mass is 9.96. The topological polar surface area (TPSA) is 153 Å². The monoisotopic (exact) mass is 521 g/mol. The third-order valence-electron chi connectivity index (χ3n) is 3.63. The zero-order chi connectivity index (χ0) is 24.6. The molecule has 1 aliphatic rings. The molecule has 0 bridgehead atoms. The van der Waals surface area contributed by atoms with E-state index in [0.29, 0.717) is 0 Å². The van der Waals surface area contributed by atoms with Crippen molar-refractivity contribution in [1.29, 1.82) is 0 Å². The first kappa shape index (κ1) is 28.0. The highest BCUT2D eigenvalue weighted by molar-refractivity contribution is 6.67. The molecule has 0 aromatic rings. The van der Waals surface area contributed by atoms with E-state index in [-0.39, 0.29) is 0 Å². The van der Waals surface area contributed by atoms with Crippen LogP contribution in [-0.2, 0) is 47.6 Å². The van der Waals surface area contributed by atoms with E-state index in [0.717, 1.165) is 27.7 Å². The predicted molar refractivity (Wildman–Crippen MR) is 107 cm³/mol. The summed E-state index contributed by atoms with van der Waals surface area (Å²) in [7, 11) is 0. The summed E-state index contributed by atoms with van der Waals surface area (Å²) in [5, 5.41) is 2.28. The molecule has 15 heteroatoms. The van der Waals surface area contributed by atoms with Crippen LogP contribution in [0.5, 0.6) is 0 Å². The van der Waals surface area contributed by atoms with Crippen molar-refractivity contribution in [1.82, 2.24) is 5.32 Å². The molecule has 12 nitrogen and oxygen atoms in total. The van der Waals surface area contributed by atoms with Gasteiger partial charge in [-0.2, -0.15) is 0 Å². The zero-order valence-electron chi connectivity index (χ0n) is 17.4. The standard InChI is InChI=1S/C17H22Cl3NO11/c1-7(22)27-5-11-13(29-8(2)23)14(30-9(3)24)12(15(32-11)31-10(4)25)21-16(26)28-6-17(18,19)20/h11-15H,5-6H2,1-4H3,(H,21,26)/t11?,12?,13-,14?,15-/m1/s1. The van der Waals surface area contributed by atoms with Crippen LogP contribution < -0.4 is 5.32 Å². The van der Waals surface area contributed by atoms with E-state index in [1.165, 1.54) is 0 Å². The molecule has 0 spiro atoms. The van der Waals surface area contributed by atoms with Gasteiger partial charge in [0, 0.05) is 27.7 Å². The maximum absolute atomic E-state index is 12.2. The molecular weight excluding hydrogens is 501 g/mol. The van der Waals surface area contributed by atoms with Gasteiger partial charge in [0.25, 0.3) is 0 Å². The Morgan fingerprint density at radius 2 is 1.34 bits per heavy atom. The van der Waals surface area contributed by atoms with Gasteiger partial charge in [0.2, 0.25) is 10.1 Å². The number of rotatable bonds is 7. The fourth-order valence-electron chi connectivity index (χ4n) is 2.65. The van der Waals surface area contributed by atoms with E-state index in [2.05, 4.69) is 5.32 Å². The van der Waals surface area contributed by atoms with Crippen LogP contribution in [0, 0.1) is 0 Å². The van der Waals surface area contributed by atoms with Gasteiger partial charge in [0.05, 0.1) is 0 Å². The van der Waals surface area contributed by atoms with Gasteiger partial charge >= 0.3 is 30.0 Å². The Balaban J connectivity index is 3.28. The lowest BCUT2D eigenvalue weighted by molar-refractivity contribution is -0.270. The van der Waals surface area contributed by atoms with Crippen LogP contribution in [0.25, 0.3) is 0 Å². The van der Waals surface area contributed by atoms with E-state index >= 15 is 0 Å². The summed E-state index contributed by atoms with van der Waals surface area (Å²) >= 11 is 16.6. The third kappa shape index (κ3) is 10.1. The maximum atomic E-state index is 12.2. The SMILES string of the molecule is CC(=O)OCC1O[C@@H](OC(C)=O)C(NC(=O)OCC(Cl)(Cl)Cl)C(OC(C)=O)[C@@H]1OC(C)=O. The van der Waals surface area contributed by atoms with Crippen LogP contribution in [0.2, 0.25) is 0 Å². The summed E-state index contributed by atoms with van der Waals surface area (Å²) in [4.78, 5) is 58.4. The molecule has 1 fully saturated rings. The fourth-order valence-corrected chi connectivity index (χ4v) is 2.81. The van der Waals surface area contributed by atoms with Crippen molar-refractivity contribution in [2.75, 3.05) is 13.2 Å². The summed E-state index contributed by atoms with van der Waals surface area (Å²) in [6.07, 6.45) is -6.77. The fraction of sp³-hybridized carbons (Fsp3) is 0.706. The van der Waals surface area contributed by atoms with E-state index in [4.69, 9.17) is 63.2 Å². The van der Waals surface area contributed by atoms with Crippen LogP contribution >= 0.6 is 34.8 Å². The normalized spacial score (nSPS) is 25.2. The first-order valence-corrected chi connectivity index (χ1v) is 10.1. The largest absolute Gasteiger partial charge is 0.463 e. The van der Waals surface area contributed by atoms with E-state index in [9.17, 15) is 24.0 Å². The van der Waals surface area contributed by atoms with Crippen LogP contribution in [0.4, 0.5) is 4.79 Å². The highest BCUT2D eigenvalue weighted by Gasteiger charge is 2.52. The molecule has 1 rings (SSSR count). The maximum Gasteiger partial charge on any atom is 0.407 e. The number of halogens is 3. The molecule has 1 saturated heterocycles. The first-order chi connectivity index (χ1) is 14.7. The summed E-state index contributed by atoms with van der Waals surface area (Å²) in [5.41, 5.74) is 0. The Hall–Kier alpha value is -2.02. The molecule has 0 radical (unpaired) electrons. The van der Waals surface area contributed by atoms with Crippen molar-refractivity contribution < 1.29 is 52.4 Å².